The van der Waals surface area contributed by atoms with Crippen LogP contribution in [0.1, 0.15) is 51.8 Å². The number of nitrogens with zero attached hydrogens (tertiary/aromatic N) is 4. The molecule has 5 nitrogen and oxygen atoms in total. The van der Waals surface area contributed by atoms with E-state index in [-0.39, 0.29) is 5.92 Å². The molecule has 2 heterocycles. The van der Waals surface area contributed by atoms with Crippen LogP contribution < -0.4 is 0 Å². The van der Waals surface area contributed by atoms with E-state index in [1.165, 1.54) is 5.52 Å². The third-order valence-electron chi connectivity index (χ3n) is 5.77. The lowest BCUT2D eigenvalue weighted by molar-refractivity contribution is -0.137. The zero-order chi connectivity index (χ0) is 19.2. The Bertz CT molecular complexity index is 746. The maximum Gasteiger partial charge on any atom is 0.225 e. The van der Waals surface area contributed by atoms with Gasteiger partial charge in [0.2, 0.25) is 5.91 Å². The lowest BCUT2D eigenvalue weighted by atomic mass is 9.95. The molecule has 0 N–H and O–H groups in total. The van der Waals surface area contributed by atoms with Crippen molar-refractivity contribution in [2.75, 3.05) is 26.2 Å². The van der Waals surface area contributed by atoms with Crippen molar-refractivity contribution in [2.24, 2.45) is 13.0 Å². The topological polar surface area (TPSA) is 41.4 Å². The molecule has 0 spiro atoms. The number of amides is 1. The van der Waals surface area contributed by atoms with Crippen molar-refractivity contribution in [1.82, 2.24) is 19.4 Å². The van der Waals surface area contributed by atoms with Gasteiger partial charge < -0.3 is 9.47 Å². The van der Waals surface area contributed by atoms with E-state index in [1.807, 2.05) is 6.07 Å². The number of fused-ring (bicyclic) bond motifs is 1. The quantitative estimate of drug-likeness (QED) is 0.709. The largest absolute Gasteiger partial charge is 0.342 e. The molecule has 0 unspecified atom stereocenters. The zero-order valence-electron chi connectivity index (χ0n) is 17.2. The first-order chi connectivity index (χ1) is 13.1. The van der Waals surface area contributed by atoms with Crippen LogP contribution in [-0.2, 0) is 18.4 Å². The number of aryl methyl sites for hydroxylation is 1. The minimum absolute atomic E-state index is 0.199. The average Bonchev–Trinajstić information content (AvgIpc) is 3.01. The van der Waals surface area contributed by atoms with Gasteiger partial charge in [0.15, 0.2) is 0 Å². The molecule has 1 fully saturated rings. The minimum Gasteiger partial charge on any atom is -0.342 e. The Labute approximate surface area is 163 Å². The molecule has 0 radical (unpaired) electrons. The maximum absolute atomic E-state index is 12.9. The highest BCUT2D eigenvalue weighted by Gasteiger charge is 2.28. The van der Waals surface area contributed by atoms with Gasteiger partial charge in [-0.2, -0.15) is 0 Å². The van der Waals surface area contributed by atoms with E-state index in [0.29, 0.717) is 5.91 Å². The van der Waals surface area contributed by atoms with Crippen molar-refractivity contribution in [3.05, 3.63) is 30.1 Å². The van der Waals surface area contributed by atoms with E-state index >= 15 is 0 Å². The first-order valence-electron chi connectivity index (χ1n) is 10.6. The SMILES string of the molecule is CCCCN(CCC)C(=O)C1CCN(Cc2nc3ccccc3n2C)CC1. The summed E-state index contributed by atoms with van der Waals surface area (Å²) >= 11 is 0. The Balaban J connectivity index is 1.56. The second-order valence-electron chi connectivity index (χ2n) is 7.81. The number of hydrogen-bond acceptors (Lipinski definition) is 3. The first-order valence-corrected chi connectivity index (χ1v) is 10.6. The molecular formula is C22H34N4O. The fourth-order valence-corrected chi connectivity index (χ4v) is 4.08. The molecule has 27 heavy (non-hydrogen) atoms. The van der Waals surface area contributed by atoms with Crippen molar-refractivity contribution in [2.45, 2.75) is 52.5 Å². The van der Waals surface area contributed by atoms with Crippen LogP contribution in [0.15, 0.2) is 24.3 Å². The van der Waals surface area contributed by atoms with Crippen molar-refractivity contribution in [3.8, 4) is 0 Å². The summed E-state index contributed by atoms with van der Waals surface area (Å²) in [6.07, 6.45) is 5.23. The Hall–Kier alpha value is -1.88. The lowest BCUT2D eigenvalue weighted by Gasteiger charge is -2.34. The zero-order valence-corrected chi connectivity index (χ0v) is 17.2. The van der Waals surface area contributed by atoms with E-state index in [2.05, 4.69) is 53.5 Å². The minimum atomic E-state index is 0.199. The van der Waals surface area contributed by atoms with Crippen molar-refractivity contribution in [1.29, 1.82) is 0 Å². The number of likely N-dealkylation sites (tertiary alicyclic amines) is 1. The van der Waals surface area contributed by atoms with Gasteiger partial charge in [-0.05, 0) is 50.9 Å². The molecule has 1 aliphatic rings. The number of benzene rings is 1. The van der Waals surface area contributed by atoms with E-state index in [9.17, 15) is 4.79 Å². The number of hydrogen-bond donors (Lipinski definition) is 0. The highest BCUT2D eigenvalue weighted by molar-refractivity contribution is 5.79. The molecule has 3 rings (SSSR count). The van der Waals surface area contributed by atoms with Crippen molar-refractivity contribution < 1.29 is 4.79 Å². The van der Waals surface area contributed by atoms with Crippen LogP contribution in [0.25, 0.3) is 11.0 Å². The molecule has 2 aromatic rings. The fraction of sp³-hybridized carbons (Fsp3) is 0.636. The van der Waals surface area contributed by atoms with Gasteiger partial charge in [-0.3, -0.25) is 9.69 Å². The maximum atomic E-state index is 12.9. The van der Waals surface area contributed by atoms with Crippen LogP contribution >= 0.6 is 0 Å². The van der Waals surface area contributed by atoms with Crippen LogP contribution in [0.2, 0.25) is 0 Å². The third kappa shape index (κ3) is 4.70. The van der Waals surface area contributed by atoms with Crippen LogP contribution in [0.4, 0.5) is 0 Å². The highest BCUT2D eigenvalue weighted by atomic mass is 16.2. The summed E-state index contributed by atoms with van der Waals surface area (Å²) in [4.78, 5) is 22.3. The van der Waals surface area contributed by atoms with Gasteiger partial charge in [0.05, 0.1) is 17.6 Å². The second kappa shape index (κ2) is 9.36. The molecule has 148 valence electrons. The van der Waals surface area contributed by atoms with E-state index in [0.717, 1.165) is 76.2 Å². The van der Waals surface area contributed by atoms with Gasteiger partial charge >= 0.3 is 0 Å². The van der Waals surface area contributed by atoms with Crippen LogP contribution in [-0.4, -0.2) is 51.4 Å². The van der Waals surface area contributed by atoms with Crippen molar-refractivity contribution >= 4 is 16.9 Å². The van der Waals surface area contributed by atoms with Crippen LogP contribution in [0.3, 0.4) is 0 Å². The summed E-state index contributed by atoms with van der Waals surface area (Å²) < 4.78 is 2.19. The summed E-state index contributed by atoms with van der Waals surface area (Å²) in [5.74, 6) is 1.69. The third-order valence-corrected chi connectivity index (χ3v) is 5.77. The summed E-state index contributed by atoms with van der Waals surface area (Å²) in [5, 5.41) is 0. The number of piperidine rings is 1. The van der Waals surface area contributed by atoms with Crippen molar-refractivity contribution in [3.63, 3.8) is 0 Å². The Morgan fingerprint density at radius 3 is 2.56 bits per heavy atom. The predicted octanol–water partition coefficient (Wildman–Crippen LogP) is 3.82. The summed E-state index contributed by atoms with van der Waals surface area (Å²) in [7, 11) is 2.09. The molecular weight excluding hydrogens is 336 g/mol. The second-order valence-corrected chi connectivity index (χ2v) is 7.81. The molecule has 1 aromatic heterocycles. The molecule has 0 bridgehead atoms. The highest BCUT2D eigenvalue weighted by Crippen LogP contribution is 2.23. The molecule has 0 aliphatic carbocycles. The summed E-state index contributed by atoms with van der Waals surface area (Å²) in [6, 6.07) is 8.29. The smallest absolute Gasteiger partial charge is 0.225 e. The normalized spacial score (nSPS) is 16.1. The van der Waals surface area contributed by atoms with Gasteiger partial charge in [-0.15, -0.1) is 0 Å². The standard InChI is InChI=1S/C22H34N4O/c1-4-6-14-26(13-5-2)22(27)18-11-15-25(16-12-18)17-21-23-19-9-7-8-10-20(19)24(21)3/h7-10,18H,4-6,11-17H2,1-3H3. The monoisotopic (exact) mass is 370 g/mol. The van der Waals surface area contributed by atoms with Crippen LogP contribution in [0.5, 0.6) is 0 Å². The number of para-hydroxylation sites is 2. The molecule has 5 heteroatoms. The molecule has 1 amide bonds. The average molecular weight is 371 g/mol. The Morgan fingerprint density at radius 1 is 1.15 bits per heavy atom. The number of rotatable bonds is 8. The predicted molar refractivity (Wildman–Crippen MR) is 110 cm³/mol. The summed E-state index contributed by atoms with van der Waals surface area (Å²) in [5.41, 5.74) is 2.25. The number of carbonyl (C=O) groups is 1. The summed E-state index contributed by atoms with van der Waals surface area (Å²) in [6.45, 7) is 8.99. The van der Waals surface area contributed by atoms with Crippen LogP contribution in [0, 0.1) is 5.92 Å². The molecule has 0 atom stereocenters. The number of imidazole rings is 1. The van der Waals surface area contributed by atoms with Gasteiger partial charge in [0.1, 0.15) is 5.82 Å². The Morgan fingerprint density at radius 2 is 1.89 bits per heavy atom. The molecule has 1 saturated heterocycles. The molecule has 0 saturated carbocycles. The van der Waals surface area contributed by atoms with Gasteiger partial charge in [0.25, 0.3) is 0 Å². The first kappa shape index (κ1) is 19.9. The van der Waals surface area contributed by atoms with Gasteiger partial charge in [0, 0.05) is 26.1 Å². The van der Waals surface area contributed by atoms with E-state index in [4.69, 9.17) is 4.98 Å². The van der Waals surface area contributed by atoms with E-state index < -0.39 is 0 Å². The number of aromatic nitrogens is 2. The number of carbonyl (C=O) groups excluding carboxylic acids is 1. The fourth-order valence-electron chi connectivity index (χ4n) is 4.08. The van der Waals surface area contributed by atoms with Gasteiger partial charge in [-0.25, -0.2) is 4.98 Å². The molecule has 1 aromatic carbocycles. The lowest BCUT2D eigenvalue weighted by Crippen LogP contribution is -2.43. The molecule has 1 aliphatic heterocycles. The number of unbranched alkanes of at least 4 members (excludes halogenated alkanes) is 1. The van der Waals surface area contributed by atoms with E-state index in [1.54, 1.807) is 0 Å². The van der Waals surface area contributed by atoms with Gasteiger partial charge in [-0.1, -0.05) is 32.4 Å². The Kier molecular flexibility index (Phi) is 6.89.